The molecule has 3 N–H and O–H groups in total. The first-order chi connectivity index (χ1) is 9.26. The van der Waals surface area contributed by atoms with Crippen LogP contribution in [0.2, 0.25) is 0 Å². The van der Waals surface area contributed by atoms with Crippen LogP contribution in [0, 0.1) is 23.7 Å². The molecule has 1 aromatic heterocycles. The van der Waals surface area contributed by atoms with E-state index in [2.05, 4.69) is 15.0 Å². The van der Waals surface area contributed by atoms with E-state index < -0.39 is 0 Å². The zero-order valence-corrected chi connectivity index (χ0v) is 11.0. The summed E-state index contributed by atoms with van der Waals surface area (Å²) in [6, 6.07) is 0.461. The first kappa shape index (κ1) is 11.5. The van der Waals surface area contributed by atoms with E-state index in [1.807, 2.05) is 6.20 Å². The summed E-state index contributed by atoms with van der Waals surface area (Å²) in [5.41, 5.74) is 2.21. The first-order valence-corrected chi connectivity index (χ1v) is 7.30. The molecule has 4 aliphatic carbocycles. The smallest absolute Gasteiger partial charge is 0.301 e. The molecule has 0 spiro atoms. The Hall–Kier alpha value is -1.36. The maximum absolute atomic E-state index is 11.8. The van der Waals surface area contributed by atoms with Crippen LogP contribution in [0.1, 0.15) is 48.8 Å². The fraction of sp³-hybridized carbons (Fsp3) is 0.714. The van der Waals surface area contributed by atoms with Crippen LogP contribution in [0.25, 0.3) is 0 Å². The molecule has 102 valence electrons. The van der Waals surface area contributed by atoms with Crippen LogP contribution in [0.3, 0.4) is 0 Å². The largest absolute Gasteiger partial charge is 0.323 e. The van der Waals surface area contributed by atoms with Crippen molar-refractivity contribution in [2.45, 2.75) is 38.1 Å². The predicted octanol–water partition coefficient (Wildman–Crippen LogP) is 1.48. The topological polar surface area (TPSA) is 72.9 Å². The van der Waals surface area contributed by atoms with Crippen LogP contribution in [-0.2, 0) is 0 Å². The van der Waals surface area contributed by atoms with Crippen molar-refractivity contribution >= 4 is 5.91 Å². The van der Waals surface area contributed by atoms with Crippen LogP contribution >= 0.6 is 0 Å². The Bertz CT molecular complexity index is 481. The Morgan fingerprint density at radius 1 is 1.21 bits per heavy atom. The van der Waals surface area contributed by atoms with Crippen molar-refractivity contribution in [2.75, 3.05) is 0 Å². The number of nitrogens with one attached hydrogen (secondary N) is 1. The third-order valence-electron chi connectivity index (χ3n) is 5.50. The normalized spacial score (nSPS) is 39.5. The van der Waals surface area contributed by atoms with Crippen molar-refractivity contribution in [1.29, 1.82) is 0 Å². The van der Waals surface area contributed by atoms with E-state index in [1.54, 1.807) is 6.20 Å². The minimum Gasteiger partial charge on any atom is -0.323 e. The Labute approximate surface area is 112 Å². The fourth-order valence-corrected chi connectivity index (χ4v) is 5.14. The number of nitrogen functional groups attached to an aromatic ring is 1. The molecular formula is C14H20N4O. The lowest BCUT2D eigenvalue weighted by Gasteiger charge is -2.54. The average molecular weight is 260 g/mol. The van der Waals surface area contributed by atoms with Gasteiger partial charge in [0.2, 0.25) is 5.82 Å². The summed E-state index contributed by atoms with van der Waals surface area (Å²) in [6.45, 7) is 0. The summed E-state index contributed by atoms with van der Waals surface area (Å²) in [6.07, 6.45) is 10.4. The van der Waals surface area contributed by atoms with Gasteiger partial charge in [-0.25, -0.2) is 10.8 Å². The highest BCUT2D eigenvalue weighted by atomic mass is 16.2. The quantitative estimate of drug-likeness (QED) is 0.480. The van der Waals surface area contributed by atoms with Gasteiger partial charge in [-0.15, -0.1) is 0 Å². The Balaban J connectivity index is 1.69. The highest BCUT2D eigenvalue weighted by molar-refractivity contribution is 5.90. The highest BCUT2D eigenvalue weighted by Gasteiger charge is 2.49. The molecule has 0 radical (unpaired) electrons. The maximum atomic E-state index is 11.8. The molecule has 1 aromatic rings. The minimum atomic E-state index is -0.279. The van der Waals surface area contributed by atoms with Crippen molar-refractivity contribution in [2.24, 2.45) is 29.5 Å². The minimum absolute atomic E-state index is 0.279. The Morgan fingerprint density at radius 2 is 1.84 bits per heavy atom. The number of amides is 1. The summed E-state index contributed by atoms with van der Waals surface area (Å²) in [5, 5.41) is 0. The van der Waals surface area contributed by atoms with E-state index in [-0.39, 0.29) is 5.91 Å². The lowest BCUT2D eigenvalue weighted by molar-refractivity contribution is -0.0298. The lowest BCUT2D eigenvalue weighted by Crippen LogP contribution is -2.46. The molecule has 5 nitrogen and oxygen atoms in total. The van der Waals surface area contributed by atoms with E-state index in [1.165, 1.54) is 32.1 Å². The standard InChI is InChI=1S/C14H20N4O/c15-17-14(19)13-16-1-2-18(13)12-10-4-8-3-9(6-10)7-11(12)5-8/h1-2,8-12H,3-7,15H2,(H,17,19). The summed E-state index contributed by atoms with van der Waals surface area (Å²) in [4.78, 5) is 16.0. The van der Waals surface area contributed by atoms with Crippen LogP contribution in [-0.4, -0.2) is 15.5 Å². The van der Waals surface area contributed by atoms with Gasteiger partial charge in [0.15, 0.2) is 0 Å². The number of nitrogens with two attached hydrogens (primary N) is 1. The third-order valence-corrected chi connectivity index (χ3v) is 5.50. The van der Waals surface area contributed by atoms with Crippen LogP contribution in [0.5, 0.6) is 0 Å². The van der Waals surface area contributed by atoms with Crippen LogP contribution in [0.15, 0.2) is 12.4 Å². The van der Waals surface area contributed by atoms with Gasteiger partial charge >= 0.3 is 5.91 Å². The van der Waals surface area contributed by atoms with Gasteiger partial charge in [0, 0.05) is 18.4 Å². The van der Waals surface area contributed by atoms with Crippen LogP contribution in [0.4, 0.5) is 0 Å². The Morgan fingerprint density at radius 3 is 2.42 bits per heavy atom. The number of imidazole rings is 1. The van der Waals surface area contributed by atoms with Gasteiger partial charge < -0.3 is 4.57 Å². The summed E-state index contributed by atoms with van der Waals surface area (Å²) in [5.74, 6) is 8.79. The van der Waals surface area contributed by atoms with Crippen molar-refractivity contribution in [3.63, 3.8) is 0 Å². The number of nitrogens with zero attached hydrogens (tertiary/aromatic N) is 2. The molecule has 0 saturated heterocycles. The van der Waals surface area contributed by atoms with Crippen molar-refractivity contribution in [3.05, 3.63) is 18.2 Å². The Kier molecular flexibility index (Phi) is 2.45. The molecule has 0 atom stereocenters. The molecule has 5 heteroatoms. The average Bonchev–Trinajstić information content (AvgIpc) is 2.85. The second-order valence-corrected chi connectivity index (χ2v) is 6.55. The predicted molar refractivity (Wildman–Crippen MR) is 70.0 cm³/mol. The number of hydrazine groups is 1. The van der Waals surface area contributed by atoms with Gasteiger partial charge in [-0.2, -0.15) is 0 Å². The molecule has 4 fully saturated rings. The molecule has 4 bridgehead atoms. The molecule has 1 amide bonds. The molecule has 0 aliphatic heterocycles. The van der Waals surface area contributed by atoms with Gasteiger partial charge in [-0.1, -0.05) is 0 Å². The van der Waals surface area contributed by atoms with E-state index in [0.29, 0.717) is 11.9 Å². The molecule has 1 heterocycles. The van der Waals surface area contributed by atoms with Gasteiger partial charge in [-0.05, 0) is 55.8 Å². The molecular weight excluding hydrogens is 240 g/mol. The monoisotopic (exact) mass is 260 g/mol. The van der Waals surface area contributed by atoms with Gasteiger partial charge in [-0.3, -0.25) is 10.2 Å². The van der Waals surface area contributed by atoms with Gasteiger partial charge in [0.1, 0.15) is 0 Å². The van der Waals surface area contributed by atoms with E-state index in [0.717, 1.165) is 23.7 Å². The molecule has 4 aliphatic rings. The zero-order valence-electron chi connectivity index (χ0n) is 11.0. The fourth-order valence-electron chi connectivity index (χ4n) is 5.14. The van der Waals surface area contributed by atoms with E-state index in [4.69, 9.17) is 5.84 Å². The van der Waals surface area contributed by atoms with Crippen LogP contribution < -0.4 is 11.3 Å². The van der Waals surface area contributed by atoms with Gasteiger partial charge in [0.25, 0.3) is 0 Å². The third kappa shape index (κ3) is 1.64. The van der Waals surface area contributed by atoms with Gasteiger partial charge in [0.05, 0.1) is 0 Å². The number of rotatable bonds is 2. The molecule has 0 aromatic carbocycles. The van der Waals surface area contributed by atoms with E-state index >= 15 is 0 Å². The molecule has 5 rings (SSSR count). The second-order valence-electron chi connectivity index (χ2n) is 6.55. The number of aromatic nitrogens is 2. The SMILES string of the molecule is NNC(=O)c1nccn1C1C2CC3CC(C2)CC1C3. The summed E-state index contributed by atoms with van der Waals surface area (Å²) < 4.78 is 2.09. The lowest BCUT2D eigenvalue weighted by atomic mass is 9.54. The number of carbonyl (C=O) groups is 1. The van der Waals surface area contributed by atoms with Crippen molar-refractivity contribution in [1.82, 2.24) is 15.0 Å². The summed E-state index contributed by atoms with van der Waals surface area (Å²) >= 11 is 0. The first-order valence-electron chi connectivity index (χ1n) is 7.30. The molecule has 0 unspecified atom stereocenters. The summed E-state index contributed by atoms with van der Waals surface area (Å²) in [7, 11) is 0. The maximum Gasteiger partial charge on any atom is 0.301 e. The number of hydrogen-bond donors (Lipinski definition) is 2. The van der Waals surface area contributed by atoms with Crippen molar-refractivity contribution in [3.8, 4) is 0 Å². The van der Waals surface area contributed by atoms with E-state index in [9.17, 15) is 4.79 Å². The molecule has 19 heavy (non-hydrogen) atoms. The molecule has 4 saturated carbocycles. The zero-order chi connectivity index (χ0) is 13.0. The number of carbonyl (C=O) groups excluding carboxylic acids is 1. The second kappa shape index (κ2) is 4.07. The highest BCUT2D eigenvalue weighted by Crippen LogP contribution is 2.58. The van der Waals surface area contributed by atoms with Crippen molar-refractivity contribution < 1.29 is 4.79 Å². The number of hydrogen-bond acceptors (Lipinski definition) is 3.